The fourth-order valence-electron chi connectivity index (χ4n) is 2.03. The van der Waals surface area contributed by atoms with Gasteiger partial charge in [0.1, 0.15) is 29.9 Å². The first-order chi connectivity index (χ1) is 11.0. The van der Waals surface area contributed by atoms with Crippen LogP contribution in [-0.4, -0.2) is 18.0 Å². The molecule has 2 rings (SSSR count). The summed E-state index contributed by atoms with van der Waals surface area (Å²) in [5, 5.41) is 31.9. The van der Waals surface area contributed by atoms with Crippen LogP contribution in [0.1, 0.15) is 6.92 Å². The van der Waals surface area contributed by atoms with E-state index in [9.17, 15) is 9.59 Å². The van der Waals surface area contributed by atoms with Crippen LogP contribution < -0.4 is 15.5 Å². The van der Waals surface area contributed by atoms with Gasteiger partial charge in [0.2, 0.25) is 0 Å². The monoisotopic (exact) mass is 306 g/mol. The fraction of sp³-hybridized carbons (Fsp3) is 0.133. The summed E-state index contributed by atoms with van der Waals surface area (Å²) in [4.78, 5) is 25.0. The lowest BCUT2D eigenvalue weighted by molar-refractivity contribution is -0.117. The first kappa shape index (κ1) is 15.6. The zero-order valence-corrected chi connectivity index (χ0v) is 12.0. The standard InChI is InChI=1S/C15H10N6O2/c1-9-14(22)21(15(23)19-9)13-5-3-2-4-11(13)20-12(8-18)10(6-16)7-17/h2-5,9,20H,1H3,(H,19,23). The SMILES string of the molecule is CC1NC(=O)N(c2ccccc2NC(C#N)=C(C#N)C#N)C1=O. The average molecular weight is 306 g/mol. The quantitative estimate of drug-likeness (QED) is 0.640. The van der Waals surface area contributed by atoms with Gasteiger partial charge in [0.05, 0.1) is 11.4 Å². The molecule has 8 nitrogen and oxygen atoms in total. The second kappa shape index (κ2) is 6.30. The van der Waals surface area contributed by atoms with E-state index in [0.717, 1.165) is 4.90 Å². The highest BCUT2D eigenvalue weighted by Crippen LogP contribution is 2.29. The smallest absolute Gasteiger partial charge is 0.329 e. The lowest BCUT2D eigenvalue weighted by Crippen LogP contribution is -2.31. The third-order valence-corrected chi connectivity index (χ3v) is 3.12. The molecule has 1 aromatic carbocycles. The summed E-state index contributed by atoms with van der Waals surface area (Å²) in [6.45, 7) is 1.56. The van der Waals surface area contributed by atoms with Crippen LogP contribution >= 0.6 is 0 Å². The number of urea groups is 1. The number of hydrogen-bond donors (Lipinski definition) is 2. The molecule has 3 amide bonds. The van der Waals surface area contributed by atoms with E-state index in [4.69, 9.17) is 15.8 Å². The van der Waals surface area contributed by atoms with Gasteiger partial charge in [0.25, 0.3) is 5.91 Å². The van der Waals surface area contributed by atoms with Crippen LogP contribution in [-0.2, 0) is 4.79 Å². The minimum Gasteiger partial charge on any atom is -0.343 e. The topological polar surface area (TPSA) is 133 Å². The number of para-hydroxylation sites is 2. The molecule has 1 aliphatic rings. The normalized spacial score (nSPS) is 15.9. The minimum atomic E-state index is -0.657. The molecule has 2 N–H and O–H groups in total. The molecule has 1 unspecified atom stereocenters. The van der Waals surface area contributed by atoms with Crippen molar-refractivity contribution >= 4 is 23.3 Å². The number of anilines is 2. The van der Waals surface area contributed by atoms with Crippen LogP contribution in [0.5, 0.6) is 0 Å². The van der Waals surface area contributed by atoms with Crippen LogP contribution in [0.15, 0.2) is 35.5 Å². The van der Waals surface area contributed by atoms with Crippen molar-refractivity contribution in [3.63, 3.8) is 0 Å². The molecular weight excluding hydrogens is 296 g/mol. The number of imide groups is 1. The van der Waals surface area contributed by atoms with Crippen LogP contribution in [0.2, 0.25) is 0 Å². The van der Waals surface area contributed by atoms with Crippen molar-refractivity contribution in [2.24, 2.45) is 0 Å². The molecule has 8 heteroatoms. The van der Waals surface area contributed by atoms with Crippen molar-refractivity contribution in [3.8, 4) is 18.2 Å². The van der Waals surface area contributed by atoms with E-state index in [1.54, 1.807) is 37.3 Å². The summed E-state index contributed by atoms with van der Waals surface area (Å²) in [7, 11) is 0. The van der Waals surface area contributed by atoms with Crippen LogP contribution in [0.3, 0.4) is 0 Å². The van der Waals surface area contributed by atoms with E-state index in [1.807, 2.05) is 0 Å². The number of allylic oxidation sites excluding steroid dienone is 2. The number of nitrogens with zero attached hydrogens (tertiary/aromatic N) is 4. The van der Waals surface area contributed by atoms with E-state index in [-0.39, 0.29) is 17.1 Å². The van der Waals surface area contributed by atoms with Crippen molar-refractivity contribution in [2.75, 3.05) is 10.2 Å². The number of nitrogens with one attached hydrogen (secondary N) is 2. The first-order valence-electron chi connectivity index (χ1n) is 6.48. The number of amides is 3. The second-order valence-corrected chi connectivity index (χ2v) is 4.57. The third-order valence-electron chi connectivity index (χ3n) is 3.12. The Balaban J connectivity index is 2.49. The predicted octanol–water partition coefficient (Wildman–Crippen LogP) is 1.37. The van der Waals surface area contributed by atoms with Crippen LogP contribution in [0, 0.1) is 34.0 Å². The highest BCUT2D eigenvalue weighted by molar-refractivity contribution is 6.22. The van der Waals surface area contributed by atoms with Crippen molar-refractivity contribution in [2.45, 2.75) is 13.0 Å². The average Bonchev–Trinajstić information content (AvgIpc) is 2.80. The minimum absolute atomic E-state index is 0.224. The van der Waals surface area contributed by atoms with Crippen molar-refractivity contribution in [3.05, 3.63) is 35.5 Å². The van der Waals surface area contributed by atoms with Gasteiger partial charge in [-0.3, -0.25) is 4.79 Å². The second-order valence-electron chi connectivity index (χ2n) is 4.57. The predicted molar refractivity (Wildman–Crippen MR) is 79.4 cm³/mol. The lowest BCUT2D eigenvalue weighted by atomic mass is 10.2. The molecule has 1 heterocycles. The molecule has 1 atom stereocenters. The Hall–Kier alpha value is -3.83. The van der Waals surface area contributed by atoms with Crippen molar-refractivity contribution < 1.29 is 9.59 Å². The maximum atomic E-state index is 12.1. The Labute approximate surface area is 131 Å². The Bertz CT molecular complexity index is 821. The van der Waals surface area contributed by atoms with Gasteiger partial charge in [-0.25, -0.2) is 9.69 Å². The summed E-state index contributed by atoms with van der Waals surface area (Å²) >= 11 is 0. The van der Waals surface area contributed by atoms with Crippen molar-refractivity contribution in [1.82, 2.24) is 5.32 Å². The maximum Gasteiger partial charge on any atom is 0.329 e. The molecule has 0 bridgehead atoms. The van der Waals surface area contributed by atoms with Crippen molar-refractivity contribution in [1.29, 1.82) is 15.8 Å². The molecule has 1 saturated heterocycles. The Morgan fingerprint density at radius 3 is 2.35 bits per heavy atom. The Kier molecular flexibility index (Phi) is 4.26. The summed E-state index contributed by atoms with van der Waals surface area (Å²) in [5.74, 6) is -0.437. The Morgan fingerprint density at radius 2 is 1.83 bits per heavy atom. The molecule has 0 radical (unpaired) electrons. The zero-order chi connectivity index (χ0) is 17.0. The molecule has 112 valence electrons. The Morgan fingerprint density at radius 1 is 1.17 bits per heavy atom. The molecule has 23 heavy (non-hydrogen) atoms. The van der Waals surface area contributed by atoms with E-state index >= 15 is 0 Å². The van der Waals surface area contributed by atoms with Gasteiger partial charge >= 0.3 is 6.03 Å². The van der Waals surface area contributed by atoms with E-state index < -0.39 is 23.6 Å². The molecule has 1 fully saturated rings. The van der Waals surface area contributed by atoms with Gasteiger partial charge in [0.15, 0.2) is 5.57 Å². The molecule has 1 aliphatic heterocycles. The zero-order valence-electron chi connectivity index (χ0n) is 12.0. The van der Waals surface area contributed by atoms with E-state index in [1.165, 1.54) is 12.1 Å². The van der Waals surface area contributed by atoms with Gasteiger partial charge in [-0.2, -0.15) is 15.8 Å². The highest BCUT2D eigenvalue weighted by Gasteiger charge is 2.37. The number of carbonyl (C=O) groups is 2. The number of nitriles is 3. The summed E-state index contributed by atoms with van der Waals surface area (Å²) < 4.78 is 0. The largest absolute Gasteiger partial charge is 0.343 e. The summed E-state index contributed by atoms with van der Waals surface area (Å²) in [5.41, 5.74) is -0.178. The summed E-state index contributed by atoms with van der Waals surface area (Å²) in [6, 6.07) is 10.00. The maximum absolute atomic E-state index is 12.1. The van der Waals surface area contributed by atoms with Gasteiger partial charge in [-0.1, -0.05) is 12.1 Å². The molecule has 0 saturated carbocycles. The molecule has 0 aromatic heterocycles. The summed E-state index contributed by atoms with van der Waals surface area (Å²) in [6.07, 6.45) is 0. The molecule has 0 spiro atoms. The van der Waals surface area contributed by atoms with Gasteiger partial charge in [-0.05, 0) is 19.1 Å². The van der Waals surface area contributed by atoms with E-state index in [0.29, 0.717) is 0 Å². The van der Waals surface area contributed by atoms with E-state index in [2.05, 4.69) is 10.6 Å². The molecule has 0 aliphatic carbocycles. The van der Waals surface area contributed by atoms with Gasteiger partial charge in [-0.15, -0.1) is 0 Å². The highest BCUT2D eigenvalue weighted by atomic mass is 16.2. The van der Waals surface area contributed by atoms with Crippen LogP contribution in [0.25, 0.3) is 0 Å². The number of benzene rings is 1. The number of carbonyl (C=O) groups excluding carboxylic acids is 2. The molecular formula is C15H10N6O2. The van der Waals surface area contributed by atoms with Gasteiger partial charge in [0, 0.05) is 0 Å². The van der Waals surface area contributed by atoms with Gasteiger partial charge < -0.3 is 10.6 Å². The third kappa shape index (κ3) is 2.80. The first-order valence-corrected chi connectivity index (χ1v) is 6.48. The van der Waals surface area contributed by atoms with Crippen LogP contribution in [0.4, 0.5) is 16.2 Å². The fourth-order valence-corrected chi connectivity index (χ4v) is 2.03. The number of rotatable bonds is 3. The lowest BCUT2D eigenvalue weighted by Gasteiger charge is -2.17. The number of hydrogen-bond acceptors (Lipinski definition) is 6. The molecule has 1 aromatic rings.